The predicted octanol–water partition coefficient (Wildman–Crippen LogP) is 3.15. The Morgan fingerprint density at radius 1 is 1.57 bits per heavy atom. The van der Waals surface area contributed by atoms with Gasteiger partial charge < -0.3 is 19.5 Å². The van der Waals surface area contributed by atoms with E-state index in [-0.39, 0.29) is 12.1 Å². The van der Waals surface area contributed by atoms with Crippen molar-refractivity contribution < 1.29 is 14.1 Å². The largest absolute Gasteiger partial charge is 0.476 e. The highest BCUT2D eigenvalue weighted by Crippen LogP contribution is 2.32. The lowest BCUT2D eigenvalue weighted by molar-refractivity contribution is 0.204. The van der Waals surface area contributed by atoms with Crippen LogP contribution in [0.3, 0.4) is 0 Å². The first-order chi connectivity index (χ1) is 11.2. The zero-order chi connectivity index (χ0) is 16.2. The SMILES string of the molecule is CCOc1ncccc1NC(=O)N1CCCC1c1cc(C)on1. The molecule has 2 aromatic heterocycles. The molecule has 0 radical (unpaired) electrons. The molecule has 1 fully saturated rings. The summed E-state index contributed by atoms with van der Waals surface area (Å²) in [6.07, 6.45) is 3.46. The highest BCUT2D eigenvalue weighted by atomic mass is 16.5. The Kier molecular flexibility index (Phi) is 4.45. The monoisotopic (exact) mass is 316 g/mol. The molecule has 0 aromatic carbocycles. The molecule has 0 bridgehead atoms. The van der Waals surface area contributed by atoms with Gasteiger partial charge in [-0.15, -0.1) is 0 Å². The van der Waals surface area contributed by atoms with Crippen molar-refractivity contribution in [1.82, 2.24) is 15.0 Å². The van der Waals surface area contributed by atoms with Gasteiger partial charge in [-0.25, -0.2) is 9.78 Å². The molecule has 0 saturated carbocycles. The topological polar surface area (TPSA) is 80.5 Å². The third-order valence-corrected chi connectivity index (χ3v) is 3.80. The molecule has 3 heterocycles. The third kappa shape index (κ3) is 3.28. The lowest BCUT2D eigenvalue weighted by atomic mass is 10.1. The van der Waals surface area contributed by atoms with Gasteiger partial charge in [-0.1, -0.05) is 5.16 Å². The minimum atomic E-state index is -0.179. The fourth-order valence-electron chi connectivity index (χ4n) is 2.78. The molecule has 2 amide bonds. The fraction of sp³-hybridized carbons (Fsp3) is 0.438. The first kappa shape index (κ1) is 15.3. The van der Waals surface area contributed by atoms with E-state index in [9.17, 15) is 4.79 Å². The Bertz CT molecular complexity index is 685. The number of carbonyl (C=O) groups is 1. The van der Waals surface area contributed by atoms with E-state index < -0.39 is 0 Å². The molecule has 23 heavy (non-hydrogen) atoms. The van der Waals surface area contributed by atoms with E-state index in [1.54, 1.807) is 23.2 Å². The highest BCUT2D eigenvalue weighted by Gasteiger charge is 2.32. The van der Waals surface area contributed by atoms with Gasteiger partial charge >= 0.3 is 6.03 Å². The number of rotatable bonds is 4. The second-order valence-electron chi connectivity index (χ2n) is 5.43. The summed E-state index contributed by atoms with van der Waals surface area (Å²) in [6.45, 7) is 4.90. The van der Waals surface area contributed by atoms with Gasteiger partial charge in [-0.3, -0.25) is 0 Å². The van der Waals surface area contributed by atoms with Gasteiger partial charge in [0.15, 0.2) is 0 Å². The van der Waals surface area contributed by atoms with Crippen LogP contribution in [0.2, 0.25) is 0 Å². The molecule has 1 unspecified atom stereocenters. The van der Waals surface area contributed by atoms with Crippen molar-refractivity contribution in [3.63, 3.8) is 0 Å². The number of urea groups is 1. The maximum atomic E-state index is 12.6. The predicted molar refractivity (Wildman–Crippen MR) is 84.3 cm³/mol. The number of nitrogens with zero attached hydrogens (tertiary/aromatic N) is 3. The van der Waals surface area contributed by atoms with Crippen LogP contribution in [0.25, 0.3) is 0 Å². The van der Waals surface area contributed by atoms with Gasteiger partial charge in [0.05, 0.1) is 12.6 Å². The first-order valence-corrected chi connectivity index (χ1v) is 7.77. The molecular weight excluding hydrogens is 296 g/mol. The van der Waals surface area contributed by atoms with Crippen LogP contribution in [0.4, 0.5) is 10.5 Å². The van der Waals surface area contributed by atoms with E-state index >= 15 is 0 Å². The molecule has 1 aliphatic rings. The van der Waals surface area contributed by atoms with Crippen LogP contribution < -0.4 is 10.1 Å². The van der Waals surface area contributed by atoms with E-state index in [1.165, 1.54) is 0 Å². The van der Waals surface area contributed by atoms with Crippen molar-refractivity contribution in [1.29, 1.82) is 0 Å². The molecule has 0 aliphatic carbocycles. The Morgan fingerprint density at radius 3 is 3.17 bits per heavy atom. The quantitative estimate of drug-likeness (QED) is 0.937. The number of nitrogens with one attached hydrogen (secondary N) is 1. The van der Waals surface area contributed by atoms with Crippen LogP contribution in [0.1, 0.15) is 37.3 Å². The normalized spacial score (nSPS) is 17.3. The van der Waals surface area contributed by atoms with Gasteiger partial charge in [-0.05, 0) is 38.8 Å². The highest BCUT2D eigenvalue weighted by molar-refractivity contribution is 5.91. The number of pyridine rings is 1. The number of hydrogen-bond donors (Lipinski definition) is 1. The van der Waals surface area contributed by atoms with Crippen molar-refractivity contribution in [3.8, 4) is 5.88 Å². The number of hydrogen-bond acceptors (Lipinski definition) is 5. The molecule has 0 spiro atoms. The maximum absolute atomic E-state index is 12.6. The number of aromatic nitrogens is 2. The molecular formula is C16H20N4O3. The smallest absolute Gasteiger partial charge is 0.322 e. The van der Waals surface area contributed by atoms with Crippen LogP contribution in [-0.2, 0) is 0 Å². The number of likely N-dealkylation sites (tertiary alicyclic amines) is 1. The Labute approximate surface area is 134 Å². The van der Waals surface area contributed by atoms with Crippen molar-refractivity contribution in [3.05, 3.63) is 35.9 Å². The molecule has 1 aliphatic heterocycles. The summed E-state index contributed by atoms with van der Waals surface area (Å²) in [4.78, 5) is 18.6. The Morgan fingerprint density at radius 2 is 2.43 bits per heavy atom. The second-order valence-corrected chi connectivity index (χ2v) is 5.43. The van der Waals surface area contributed by atoms with Gasteiger partial charge in [-0.2, -0.15) is 0 Å². The summed E-state index contributed by atoms with van der Waals surface area (Å²) in [7, 11) is 0. The number of amides is 2. The van der Waals surface area contributed by atoms with Crippen molar-refractivity contribution in [2.75, 3.05) is 18.5 Å². The van der Waals surface area contributed by atoms with Gasteiger partial charge in [0.2, 0.25) is 5.88 Å². The molecule has 3 rings (SSSR count). The number of ether oxygens (including phenoxy) is 1. The molecule has 1 N–H and O–H groups in total. The van der Waals surface area contributed by atoms with Crippen molar-refractivity contribution >= 4 is 11.7 Å². The molecule has 2 aromatic rings. The van der Waals surface area contributed by atoms with Crippen molar-refractivity contribution in [2.45, 2.75) is 32.7 Å². The fourth-order valence-corrected chi connectivity index (χ4v) is 2.78. The van der Waals surface area contributed by atoms with E-state index in [2.05, 4.69) is 15.5 Å². The Hall–Kier alpha value is -2.57. The van der Waals surface area contributed by atoms with Crippen LogP contribution in [-0.4, -0.2) is 34.2 Å². The molecule has 1 atom stereocenters. The summed E-state index contributed by atoms with van der Waals surface area (Å²) >= 11 is 0. The zero-order valence-electron chi connectivity index (χ0n) is 13.3. The molecule has 7 nitrogen and oxygen atoms in total. The summed E-state index contributed by atoms with van der Waals surface area (Å²) in [5.41, 5.74) is 1.37. The molecule has 122 valence electrons. The lowest BCUT2D eigenvalue weighted by Gasteiger charge is -2.23. The minimum absolute atomic E-state index is 0.0559. The summed E-state index contributed by atoms with van der Waals surface area (Å²) in [5, 5.41) is 6.94. The van der Waals surface area contributed by atoms with E-state index in [1.807, 2.05) is 19.9 Å². The van der Waals surface area contributed by atoms with Gasteiger partial charge in [0.25, 0.3) is 0 Å². The summed E-state index contributed by atoms with van der Waals surface area (Å²) in [5.74, 6) is 1.18. The zero-order valence-corrected chi connectivity index (χ0v) is 13.3. The van der Waals surface area contributed by atoms with Crippen LogP contribution in [0.15, 0.2) is 28.9 Å². The second kappa shape index (κ2) is 6.68. The summed E-state index contributed by atoms with van der Waals surface area (Å²) < 4.78 is 10.6. The van der Waals surface area contributed by atoms with E-state index in [4.69, 9.17) is 9.26 Å². The Balaban J connectivity index is 1.75. The van der Waals surface area contributed by atoms with E-state index in [0.29, 0.717) is 24.7 Å². The first-order valence-electron chi connectivity index (χ1n) is 7.77. The van der Waals surface area contributed by atoms with Crippen molar-refractivity contribution in [2.24, 2.45) is 0 Å². The standard InChI is InChI=1S/C16H20N4O3/c1-3-22-15-12(6-4-8-17-15)18-16(21)20-9-5-7-14(20)13-10-11(2)23-19-13/h4,6,8,10,14H,3,5,7,9H2,1-2H3,(H,18,21). The molecule has 1 saturated heterocycles. The van der Waals surface area contributed by atoms with Gasteiger partial charge in [0.1, 0.15) is 17.1 Å². The van der Waals surface area contributed by atoms with Gasteiger partial charge in [0, 0.05) is 18.8 Å². The minimum Gasteiger partial charge on any atom is -0.476 e. The lowest BCUT2D eigenvalue weighted by Crippen LogP contribution is -2.34. The molecule has 7 heteroatoms. The average Bonchev–Trinajstić information content (AvgIpc) is 3.18. The van der Waals surface area contributed by atoms with E-state index in [0.717, 1.165) is 24.3 Å². The number of carbonyl (C=O) groups excluding carboxylic acids is 1. The number of anilines is 1. The average molecular weight is 316 g/mol. The third-order valence-electron chi connectivity index (χ3n) is 3.80. The van der Waals surface area contributed by atoms with Crippen LogP contribution in [0, 0.1) is 6.92 Å². The summed E-state index contributed by atoms with van der Waals surface area (Å²) in [6, 6.07) is 5.19. The number of aryl methyl sites for hydroxylation is 1. The maximum Gasteiger partial charge on any atom is 0.322 e. The van der Waals surface area contributed by atoms with Crippen LogP contribution in [0.5, 0.6) is 5.88 Å². The van der Waals surface area contributed by atoms with Crippen LogP contribution >= 0.6 is 0 Å².